The van der Waals surface area contributed by atoms with Gasteiger partial charge in [0.15, 0.2) is 0 Å². The zero-order chi connectivity index (χ0) is 11.8. The normalized spacial score (nSPS) is 11.0. The van der Waals surface area contributed by atoms with Crippen LogP contribution in [0.5, 0.6) is 0 Å². The second-order valence-corrected chi connectivity index (χ2v) is 4.02. The van der Waals surface area contributed by atoms with Gasteiger partial charge in [-0.1, -0.05) is 26.7 Å². The van der Waals surface area contributed by atoms with Gasteiger partial charge < -0.3 is 10.1 Å². The molecule has 16 heavy (non-hydrogen) atoms. The number of anilines is 1. The van der Waals surface area contributed by atoms with Gasteiger partial charge in [0.1, 0.15) is 5.82 Å². The van der Waals surface area contributed by atoms with Crippen LogP contribution in [0.25, 0.3) is 0 Å². The standard InChI is InChI=1S/C12H23N3O/c1-4-11(5-2)10-13-12-6-7-15(14-12)8-9-16-3/h6-7,11H,4-5,8-10H2,1-3H3,(H,13,14). The fourth-order valence-electron chi connectivity index (χ4n) is 1.59. The SMILES string of the molecule is CCC(CC)CNc1ccn(CCOC)n1. The summed E-state index contributed by atoms with van der Waals surface area (Å²) in [5.74, 6) is 1.70. The monoisotopic (exact) mass is 225 g/mol. The van der Waals surface area contributed by atoms with Gasteiger partial charge in [0, 0.05) is 25.9 Å². The Morgan fingerprint density at radius 1 is 1.44 bits per heavy atom. The summed E-state index contributed by atoms with van der Waals surface area (Å²) in [5, 5.41) is 7.78. The van der Waals surface area contributed by atoms with Gasteiger partial charge in [-0.25, -0.2) is 0 Å². The van der Waals surface area contributed by atoms with Gasteiger partial charge in [-0.3, -0.25) is 4.68 Å². The molecule has 1 heterocycles. The van der Waals surface area contributed by atoms with Crippen molar-refractivity contribution in [2.75, 3.05) is 25.6 Å². The van der Waals surface area contributed by atoms with Crippen LogP contribution in [0.4, 0.5) is 5.82 Å². The summed E-state index contributed by atoms with van der Waals surface area (Å²) in [4.78, 5) is 0. The Hall–Kier alpha value is -1.03. The van der Waals surface area contributed by atoms with E-state index in [0.29, 0.717) is 6.61 Å². The third kappa shape index (κ3) is 4.23. The van der Waals surface area contributed by atoms with Gasteiger partial charge in [-0.05, 0) is 5.92 Å². The molecule has 0 aromatic carbocycles. The van der Waals surface area contributed by atoms with E-state index in [9.17, 15) is 0 Å². The van der Waals surface area contributed by atoms with E-state index in [4.69, 9.17) is 4.74 Å². The number of rotatable bonds is 8. The minimum Gasteiger partial charge on any atom is -0.383 e. The Balaban J connectivity index is 2.33. The van der Waals surface area contributed by atoms with Crippen molar-refractivity contribution in [2.45, 2.75) is 33.2 Å². The predicted molar refractivity (Wildman–Crippen MR) is 66.7 cm³/mol. The van der Waals surface area contributed by atoms with Crippen molar-refractivity contribution in [1.29, 1.82) is 0 Å². The molecule has 4 nitrogen and oxygen atoms in total. The molecule has 92 valence electrons. The Kier molecular flexibility index (Phi) is 5.93. The molecule has 0 atom stereocenters. The van der Waals surface area contributed by atoms with Crippen molar-refractivity contribution >= 4 is 5.82 Å². The smallest absolute Gasteiger partial charge is 0.147 e. The van der Waals surface area contributed by atoms with Crippen molar-refractivity contribution in [2.24, 2.45) is 5.92 Å². The van der Waals surface area contributed by atoms with E-state index in [0.717, 1.165) is 24.8 Å². The van der Waals surface area contributed by atoms with Crippen molar-refractivity contribution < 1.29 is 4.74 Å². The molecular formula is C12H23N3O. The second kappa shape index (κ2) is 7.28. The third-order valence-electron chi connectivity index (χ3n) is 2.89. The summed E-state index contributed by atoms with van der Waals surface area (Å²) in [7, 11) is 1.70. The predicted octanol–water partition coefficient (Wildman–Crippen LogP) is 2.38. The van der Waals surface area contributed by atoms with Crippen LogP contribution in [-0.2, 0) is 11.3 Å². The minimum atomic E-state index is 0.702. The van der Waals surface area contributed by atoms with Crippen LogP contribution in [0.15, 0.2) is 12.3 Å². The fourth-order valence-corrected chi connectivity index (χ4v) is 1.59. The van der Waals surface area contributed by atoms with E-state index in [1.165, 1.54) is 12.8 Å². The van der Waals surface area contributed by atoms with E-state index in [1.54, 1.807) is 7.11 Å². The molecular weight excluding hydrogens is 202 g/mol. The van der Waals surface area contributed by atoms with Gasteiger partial charge >= 0.3 is 0 Å². The van der Waals surface area contributed by atoms with Crippen molar-refractivity contribution in [3.8, 4) is 0 Å². The van der Waals surface area contributed by atoms with E-state index in [-0.39, 0.29) is 0 Å². The van der Waals surface area contributed by atoms with E-state index < -0.39 is 0 Å². The van der Waals surface area contributed by atoms with Crippen molar-refractivity contribution in [3.63, 3.8) is 0 Å². The van der Waals surface area contributed by atoms with Crippen LogP contribution in [0.1, 0.15) is 26.7 Å². The largest absolute Gasteiger partial charge is 0.383 e. The molecule has 0 saturated heterocycles. The number of aromatic nitrogens is 2. The lowest BCUT2D eigenvalue weighted by Gasteiger charge is -2.12. The van der Waals surface area contributed by atoms with Crippen LogP contribution >= 0.6 is 0 Å². The molecule has 4 heteroatoms. The third-order valence-corrected chi connectivity index (χ3v) is 2.89. The molecule has 1 aromatic heterocycles. The van der Waals surface area contributed by atoms with Crippen LogP contribution in [0.3, 0.4) is 0 Å². The number of nitrogens with zero attached hydrogens (tertiary/aromatic N) is 2. The molecule has 0 aliphatic heterocycles. The highest BCUT2D eigenvalue weighted by Gasteiger charge is 2.04. The zero-order valence-corrected chi connectivity index (χ0v) is 10.6. The maximum Gasteiger partial charge on any atom is 0.147 e. The lowest BCUT2D eigenvalue weighted by molar-refractivity contribution is 0.183. The summed E-state index contributed by atoms with van der Waals surface area (Å²) in [6.07, 6.45) is 4.41. The lowest BCUT2D eigenvalue weighted by atomic mass is 10.0. The quantitative estimate of drug-likeness (QED) is 0.738. The van der Waals surface area contributed by atoms with Gasteiger partial charge in [-0.2, -0.15) is 5.10 Å². The van der Waals surface area contributed by atoms with Gasteiger partial charge in [0.25, 0.3) is 0 Å². The molecule has 0 aliphatic carbocycles. The topological polar surface area (TPSA) is 39.1 Å². The summed E-state index contributed by atoms with van der Waals surface area (Å²) in [5.41, 5.74) is 0. The van der Waals surface area contributed by atoms with Gasteiger partial charge in [-0.15, -0.1) is 0 Å². The first-order valence-electron chi connectivity index (χ1n) is 6.06. The van der Waals surface area contributed by atoms with Crippen LogP contribution in [0.2, 0.25) is 0 Å². The summed E-state index contributed by atoms with van der Waals surface area (Å²) < 4.78 is 6.91. The second-order valence-electron chi connectivity index (χ2n) is 4.02. The molecule has 0 bridgehead atoms. The Bertz CT molecular complexity index is 282. The Morgan fingerprint density at radius 3 is 2.81 bits per heavy atom. The maximum absolute atomic E-state index is 5.01. The molecule has 0 aliphatic rings. The van der Waals surface area contributed by atoms with Gasteiger partial charge in [0.05, 0.1) is 13.2 Å². The van der Waals surface area contributed by atoms with Crippen molar-refractivity contribution in [3.05, 3.63) is 12.3 Å². The molecule has 1 rings (SSSR count). The van der Waals surface area contributed by atoms with Crippen LogP contribution in [-0.4, -0.2) is 30.0 Å². The number of nitrogens with one attached hydrogen (secondary N) is 1. The van der Waals surface area contributed by atoms with Crippen LogP contribution in [0, 0.1) is 5.92 Å². The summed E-state index contributed by atoms with van der Waals surface area (Å²) in [6.45, 7) is 6.98. The highest BCUT2D eigenvalue weighted by molar-refractivity contribution is 5.31. The Labute approximate surface area is 98.0 Å². The van der Waals surface area contributed by atoms with E-state index in [2.05, 4.69) is 24.3 Å². The fraction of sp³-hybridized carbons (Fsp3) is 0.750. The average Bonchev–Trinajstić information content (AvgIpc) is 2.76. The van der Waals surface area contributed by atoms with Crippen molar-refractivity contribution in [1.82, 2.24) is 9.78 Å². The van der Waals surface area contributed by atoms with E-state index in [1.807, 2.05) is 16.9 Å². The van der Waals surface area contributed by atoms with E-state index >= 15 is 0 Å². The lowest BCUT2D eigenvalue weighted by Crippen LogP contribution is -2.13. The van der Waals surface area contributed by atoms with Crippen LogP contribution < -0.4 is 5.32 Å². The average molecular weight is 225 g/mol. The summed E-state index contributed by atoms with van der Waals surface area (Å²) in [6, 6.07) is 2.01. The molecule has 0 amide bonds. The minimum absolute atomic E-state index is 0.702. The molecule has 0 fully saturated rings. The zero-order valence-electron chi connectivity index (χ0n) is 10.6. The summed E-state index contributed by atoms with van der Waals surface area (Å²) >= 11 is 0. The molecule has 0 saturated carbocycles. The molecule has 0 radical (unpaired) electrons. The molecule has 1 aromatic rings. The number of methoxy groups -OCH3 is 1. The molecule has 0 unspecified atom stereocenters. The first-order valence-corrected chi connectivity index (χ1v) is 6.06. The van der Waals surface area contributed by atoms with Gasteiger partial charge in [0.2, 0.25) is 0 Å². The number of ether oxygens (including phenoxy) is 1. The highest BCUT2D eigenvalue weighted by Crippen LogP contribution is 2.09. The number of hydrogen-bond donors (Lipinski definition) is 1. The number of hydrogen-bond acceptors (Lipinski definition) is 3. The Morgan fingerprint density at radius 2 is 2.19 bits per heavy atom. The molecule has 1 N–H and O–H groups in total. The first-order chi connectivity index (χ1) is 7.80. The first kappa shape index (κ1) is 13.0. The maximum atomic E-state index is 5.01. The highest BCUT2D eigenvalue weighted by atomic mass is 16.5. The molecule has 0 spiro atoms.